The smallest absolute Gasteiger partial charge is 0.305 e. The van der Waals surface area contributed by atoms with E-state index < -0.39 is 39.2 Å². The molecule has 2 rings (SSSR count). The molecule has 0 aromatic heterocycles. The minimum Gasteiger partial charge on any atom is -0.481 e. The molecule has 2 aromatic rings. The summed E-state index contributed by atoms with van der Waals surface area (Å²) in [5, 5.41) is 19.6. The Labute approximate surface area is 142 Å². The average molecular weight is 368 g/mol. The number of halogens is 1. The number of nitro benzene ring substituents is 1. The van der Waals surface area contributed by atoms with Gasteiger partial charge in [0.1, 0.15) is 5.82 Å². The fourth-order valence-corrected chi connectivity index (χ4v) is 3.32. The van der Waals surface area contributed by atoms with E-state index in [9.17, 15) is 27.7 Å². The van der Waals surface area contributed by atoms with Crippen LogP contribution in [0.15, 0.2) is 53.4 Å². The maximum atomic E-state index is 13.0. The van der Waals surface area contributed by atoms with Crippen molar-refractivity contribution in [2.45, 2.75) is 17.4 Å². The number of hydrogen-bond donors (Lipinski definition) is 2. The van der Waals surface area contributed by atoms with Crippen LogP contribution in [0.2, 0.25) is 0 Å². The Balaban J connectivity index is 2.31. The Morgan fingerprint density at radius 2 is 1.72 bits per heavy atom. The molecule has 0 bridgehead atoms. The van der Waals surface area contributed by atoms with Crippen LogP contribution in [-0.2, 0) is 14.8 Å². The van der Waals surface area contributed by atoms with Crippen molar-refractivity contribution in [3.63, 3.8) is 0 Å². The van der Waals surface area contributed by atoms with Gasteiger partial charge in [0.2, 0.25) is 10.0 Å². The van der Waals surface area contributed by atoms with Gasteiger partial charge in [-0.1, -0.05) is 12.1 Å². The summed E-state index contributed by atoms with van der Waals surface area (Å²) < 4.78 is 40.0. The second-order valence-electron chi connectivity index (χ2n) is 5.07. The number of carboxylic acid groups (broad SMARTS) is 1. The number of benzene rings is 2. The Bertz CT molecular complexity index is 881. The van der Waals surface area contributed by atoms with Gasteiger partial charge in [-0.15, -0.1) is 0 Å². The summed E-state index contributed by atoms with van der Waals surface area (Å²) in [7, 11) is -4.14. The van der Waals surface area contributed by atoms with Gasteiger partial charge in [-0.3, -0.25) is 14.9 Å². The summed E-state index contributed by atoms with van der Waals surface area (Å²) in [5.74, 6) is -1.79. The van der Waals surface area contributed by atoms with Gasteiger partial charge in [-0.05, 0) is 29.8 Å². The normalized spacial score (nSPS) is 12.5. The van der Waals surface area contributed by atoms with E-state index in [0.717, 1.165) is 36.4 Å². The molecule has 2 aromatic carbocycles. The largest absolute Gasteiger partial charge is 0.481 e. The van der Waals surface area contributed by atoms with Gasteiger partial charge in [-0.25, -0.2) is 17.5 Å². The summed E-state index contributed by atoms with van der Waals surface area (Å²) in [5.41, 5.74) is -0.00569. The molecule has 0 aliphatic heterocycles. The summed E-state index contributed by atoms with van der Waals surface area (Å²) in [6.07, 6.45) is -0.558. The minimum absolute atomic E-state index is 0.254. The standard InChI is InChI=1S/C15H13FN2O6S/c16-11-3-1-10(2-4-11)14(9-15(19)20)17-25(23,24)13-7-5-12(6-8-13)18(21)22/h1-8,14,17H,9H2,(H,19,20). The molecular formula is C15H13FN2O6S. The number of aliphatic carboxylic acids is 1. The quantitative estimate of drug-likeness (QED) is 0.570. The molecule has 0 radical (unpaired) electrons. The molecule has 0 fully saturated rings. The van der Waals surface area contributed by atoms with E-state index in [-0.39, 0.29) is 16.1 Å². The summed E-state index contributed by atoms with van der Waals surface area (Å²) in [6, 6.07) is 7.75. The molecule has 0 amide bonds. The average Bonchev–Trinajstić information content (AvgIpc) is 2.54. The molecule has 0 spiro atoms. The van der Waals surface area contributed by atoms with Crippen LogP contribution in [0.25, 0.3) is 0 Å². The maximum absolute atomic E-state index is 13.0. The van der Waals surface area contributed by atoms with E-state index in [4.69, 9.17) is 5.11 Å². The zero-order valence-corrected chi connectivity index (χ0v) is 13.4. The molecule has 8 nitrogen and oxygen atoms in total. The van der Waals surface area contributed by atoms with Gasteiger partial charge < -0.3 is 5.11 Å². The number of nitro groups is 1. The molecule has 1 atom stereocenters. The number of carboxylic acids is 1. The third kappa shape index (κ3) is 4.81. The molecule has 2 N–H and O–H groups in total. The number of carbonyl (C=O) groups is 1. The highest BCUT2D eigenvalue weighted by Gasteiger charge is 2.24. The Hall–Kier alpha value is -2.85. The van der Waals surface area contributed by atoms with Crippen LogP contribution in [0.3, 0.4) is 0 Å². The molecule has 0 saturated heterocycles. The molecule has 0 aliphatic carbocycles. The molecule has 10 heteroatoms. The van der Waals surface area contributed by atoms with E-state index in [1.165, 1.54) is 12.1 Å². The fraction of sp³-hybridized carbons (Fsp3) is 0.133. The first kappa shape index (κ1) is 18.5. The van der Waals surface area contributed by atoms with E-state index in [1.807, 2.05) is 0 Å². The van der Waals surface area contributed by atoms with Crippen molar-refractivity contribution in [1.29, 1.82) is 0 Å². The van der Waals surface area contributed by atoms with E-state index in [2.05, 4.69) is 4.72 Å². The summed E-state index contributed by atoms with van der Waals surface area (Å²) in [4.78, 5) is 20.7. The van der Waals surface area contributed by atoms with Crippen LogP contribution in [0.1, 0.15) is 18.0 Å². The zero-order valence-electron chi connectivity index (χ0n) is 12.6. The van der Waals surface area contributed by atoms with Crippen molar-refractivity contribution in [3.8, 4) is 0 Å². The lowest BCUT2D eigenvalue weighted by Gasteiger charge is -2.17. The van der Waals surface area contributed by atoms with Gasteiger partial charge in [0.15, 0.2) is 0 Å². The number of rotatable bonds is 7. The molecule has 132 valence electrons. The van der Waals surface area contributed by atoms with Crippen LogP contribution in [0.5, 0.6) is 0 Å². The third-order valence-electron chi connectivity index (χ3n) is 3.31. The van der Waals surface area contributed by atoms with Gasteiger partial charge in [0.25, 0.3) is 5.69 Å². The van der Waals surface area contributed by atoms with Crippen molar-refractivity contribution in [1.82, 2.24) is 4.72 Å². The topological polar surface area (TPSA) is 127 Å². The van der Waals surface area contributed by atoms with E-state index in [0.29, 0.717) is 0 Å². The monoisotopic (exact) mass is 368 g/mol. The highest BCUT2D eigenvalue weighted by Crippen LogP contribution is 2.22. The molecule has 25 heavy (non-hydrogen) atoms. The van der Waals surface area contributed by atoms with Crippen LogP contribution >= 0.6 is 0 Å². The second kappa shape index (κ2) is 7.36. The molecular weight excluding hydrogens is 355 g/mol. The Morgan fingerprint density at radius 3 is 2.20 bits per heavy atom. The number of hydrogen-bond acceptors (Lipinski definition) is 5. The lowest BCUT2D eigenvalue weighted by molar-refractivity contribution is -0.384. The Kier molecular flexibility index (Phi) is 5.45. The van der Waals surface area contributed by atoms with E-state index in [1.54, 1.807) is 0 Å². The summed E-state index contributed by atoms with van der Waals surface area (Å²) >= 11 is 0. The highest BCUT2D eigenvalue weighted by atomic mass is 32.2. The minimum atomic E-state index is -4.14. The van der Waals surface area contributed by atoms with Crippen molar-refractivity contribution >= 4 is 21.7 Å². The fourth-order valence-electron chi connectivity index (χ4n) is 2.10. The number of sulfonamides is 1. The van der Waals surface area contributed by atoms with Crippen LogP contribution in [-0.4, -0.2) is 24.4 Å². The number of nitrogens with zero attached hydrogens (tertiary/aromatic N) is 1. The van der Waals surface area contributed by atoms with Crippen LogP contribution in [0, 0.1) is 15.9 Å². The van der Waals surface area contributed by atoms with Crippen molar-refractivity contribution in [2.75, 3.05) is 0 Å². The van der Waals surface area contributed by atoms with Crippen molar-refractivity contribution in [2.24, 2.45) is 0 Å². The lowest BCUT2D eigenvalue weighted by atomic mass is 10.1. The third-order valence-corrected chi connectivity index (χ3v) is 4.79. The first-order valence-electron chi connectivity index (χ1n) is 6.93. The molecule has 1 unspecified atom stereocenters. The van der Waals surface area contributed by atoms with Gasteiger partial charge >= 0.3 is 5.97 Å². The molecule has 0 saturated carbocycles. The first-order valence-corrected chi connectivity index (χ1v) is 8.41. The number of non-ortho nitro benzene ring substituents is 1. The maximum Gasteiger partial charge on any atom is 0.305 e. The lowest BCUT2D eigenvalue weighted by Crippen LogP contribution is -2.30. The van der Waals surface area contributed by atoms with E-state index >= 15 is 0 Å². The molecule has 0 heterocycles. The predicted octanol–water partition coefficient (Wildman–Crippen LogP) is 2.23. The van der Waals surface area contributed by atoms with Gasteiger partial charge in [-0.2, -0.15) is 0 Å². The zero-order chi connectivity index (χ0) is 18.6. The van der Waals surface area contributed by atoms with Crippen molar-refractivity contribution < 1.29 is 27.6 Å². The van der Waals surface area contributed by atoms with Gasteiger partial charge in [0.05, 0.1) is 22.3 Å². The highest BCUT2D eigenvalue weighted by molar-refractivity contribution is 7.89. The Morgan fingerprint density at radius 1 is 1.16 bits per heavy atom. The second-order valence-corrected chi connectivity index (χ2v) is 6.79. The number of nitrogens with one attached hydrogen (secondary N) is 1. The van der Waals surface area contributed by atoms with Crippen LogP contribution < -0.4 is 4.72 Å². The van der Waals surface area contributed by atoms with Crippen molar-refractivity contribution in [3.05, 3.63) is 70.0 Å². The van der Waals surface area contributed by atoms with Crippen LogP contribution in [0.4, 0.5) is 10.1 Å². The summed E-state index contributed by atoms with van der Waals surface area (Å²) in [6.45, 7) is 0. The predicted molar refractivity (Wildman–Crippen MR) is 84.8 cm³/mol. The SMILES string of the molecule is O=C(O)CC(NS(=O)(=O)c1ccc([N+](=O)[O-])cc1)c1ccc(F)cc1. The van der Waals surface area contributed by atoms with Gasteiger partial charge in [0, 0.05) is 12.1 Å². The molecule has 0 aliphatic rings. The first-order chi connectivity index (χ1) is 11.7.